The Hall–Kier alpha value is -5.58. The van der Waals surface area contributed by atoms with Gasteiger partial charge in [-0.25, -0.2) is 9.13 Å². The van der Waals surface area contributed by atoms with Crippen molar-refractivity contribution >= 4 is 39.5 Å². The van der Waals surface area contributed by atoms with Gasteiger partial charge in [-0.2, -0.15) is 0 Å². The number of carbonyl (C=O) groups is 4. The number of allylic oxidation sites excluding steroid dienone is 28. The van der Waals surface area contributed by atoms with Gasteiger partial charge in [0, 0.05) is 25.7 Å². The number of phosphoric ester groups is 2. The summed E-state index contributed by atoms with van der Waals surface area (Å²) >= 11 is 0. The van der Waals surface area contributed by atoms with Gasteiger partial charge in [-0.3, -0.25) is 37.3 Å². The summed E-state index contributed by atoms with van der Waals surface area (Å²) in [5.74, 6) is -2.33. The van der Waals surface area contributed by atoms with Crippen molar-refractivity contribution in [3.8, 4) is 0 Å². The summed E-state index contributed by atoms with van der Waals surface area (Å²) in [6.45, 7) is 4.41. The standard InChI is InChI=1S/C89H146O17P2/c1-5-9-13-17-21-25-29-33-37-40-41-44-47-50-54-58-62-66-70-74-87(92)100-80-85(106-89(94)76-72-68-64-60-56-52-48-43-39-35-31-27-23-19-15-11-7-3)82-104-108(97,98)102-78-83(90)77-101-107(95,96)103-81-84(105-88(93)75-71-67-63-59-55-51-45-36-32-28-24-20-16-12-8-4)79-99-86(91)73-69-65-61-57-53-49-46-42-38-34-30-26-22-18-14-10-6-2/h9-11,13-15,21-23,25-27,33-39,41,44-45,48,50,52,54,62,66,83-85,90H,5-8,12,16-20,24,28-32,40,42-43,46-47,49,51,53,55-61,63-65,67-82H2,1-4H3,(H,95,96)(H,97,98)/b13-9-,14-10-,15-11-,25-21-,26-22-,27-23-,37-33-,38-34-,39-35-,44-41-,45-36-,52-48-,54-50-,66-62-. The monoisotopic (exact) mass is 1550 g/mol. The maximum Gasteiger partial charge on any atom is 0.472 e. The number of esters is 4. The van der Waals surface area contributed by atoms with Crippen LogP contribution in [0.15, 0.2) is 170 Å². The van der Waals surface area contributed by atoms with E-state index >= 15 is 0 Å². The first-order valence-electron chi connectivity index (χ1n) is 41.4. The van der Waals surface area contributed by atoms with Gasteiger partial charge in [0.15, 0.2) is 12.2 Å². The number of aliphatic hydroxyl groups is 1. The highest BCUT2D eigenvalue weighted by Crippen LogP contribution is 2.45. The molecule has 5 unspecified atom stereocenters. The molecule has 19 heteroatoms. The topological polar surface area (TPSA) is 237 Å². The molecule has 3 N–H and O–H groups in total. The van der Waals surface area contributed by atoms with E-state index in [4.69, 9.17) is 37.0 Å². The van der Waals surface area contributed by atoms with E-state index < -0.39 is 97.5 Å². The van der Waals surface area contributed by atoms with Gasteiger partial charge in [0.2, 0.25) is 0 Å². The molecule has 0 saturated heterocycles. The van der Waals surface area contributed by atoms with Crippen molar-refractivity contribution in [3.63, 3.8) is 0 Å². The first-order chi connectivity index (χ1) is 52.7. The van der Waals surface area contributed by atoms with E-state index in [2.05, 4.69) is 180 Å². The number of hydrogen-bond donors (Lipinski definition) is 3. The molecule has 0 aromatic heterocycles. The van der Waals surface area contributed by atoms with Crippen LogP contribution in [0.5, 0.6) is 0 Å². The van der Waals surface area contributed by atoms with Gasteiger partial charge in [-0.1, -0.05) is 294 Å². The van der Waals surface area contributed by atoms with Crippen molar-refractivity contribution in [2.75, 3.05) is 39.6 Å². The predicted octanol–water partition coefficient (Wildman–Crippen LogP) is 24.6. The molecule has 0 saturated carbocycles. The molecule has 0 spiro atoms. The molecule has 0 bridgehead atoms. The Kier molecular flexibility index (Phi) is 75.4. The number of phosphoric acid groups is 2. The zero-order valence-corrected chi connectivity index (χ0v) is 69.0. The Balaban J connectivity index is 5.49. The smallest absolute Gasteiger partial charge is 0.462 e. The lowest BCUT2D eigenvalue weighted by Gasteiger charge is -2.21. The Labute approximate surface area is 654 Å². The number of unbranched alkanes of at least 4 members (excludes halogenated alkanes) is 22. The van der Waals surface area contributed by atoms with Gasteiger partial charge < -0.3 is 33.8 Å². The Bertz CT molecular complexity index is 2710. The molecule has 0 aliphatic carbocycles. The lowest BCUT2D eigenvalue weighted by atomic mass is 10.1. The number of rotatable bonds is 76. The van der Waals surface area contributed by atoms with Crippen LogP contribution in [0.25, 0.3) is 0 Å². The van der Waals surface area contributed by atoms with E-state index in [9.17, 15) is 43.2 Å². The van der Waals surface area contributed by atoms with Crippen LogP contribution in [0.4, 0.5) is 0 Å². The van der Waals surface area contributed by atoms with Crippen molar-refractivity contribution in [1.29, 1.82) is 0 Å². The van der Waals surface area contributed by atoms with Gasteiger partial charge in [-0.05, 0) is 161 Å². The van der Waals surface area contributed by atoms with Crippen molar-refractivity contribution in [2.24, 2.45) is 0 Å². The third-order valence-electron chi connectivity index (χ3n) is 16.7. The molecule has 0 radical (unpaired) electrons. The first kappa shape index (κ1) is 102. The van der Waals surface area contributed by atoms with Gasteiger partial charge in [0.25, 0.3) is 0 Å². The number of carbonyl (C=O) groups excluding carboxylic acids is 4. The maximum atomic E-state index is 13.1. The third-order valence-corrected chi connectivity index (χ3v) is 18.6. The van der Waals surface area contributed by atoms with E-state index in [1.807, 2.05) is 18.2 Å². The molecule has 0 amide bonds. The summed E-state index contributed by atoms with van der Waals surface area (Å²) in [5, 5.41) is 10.7. The van der Waals surface area contributed by atoms with Gasteiger partial charge in [0.05, 0.1) is 26.4 Å². The average Bonchev–Trinajstić information content (AvgIpc) is 0.906. The predicted molar refractivity (Wildman–Crippen MR) is 445 cm³/mol. The molecular weight excluding hydrogens is 1400 g/mol. The molecule has 0 rings (SSSR count). The fourth-order valence-electron chi connectivity index (χ4n) is 10.5. The van der Waals surface area contributed by atoms with Crippen LogP contribution in [0.2, 0.25) is 0 Å². The SMILES string of the molecule is CC/C=C\C/C=C\C/C=C\C/C=C\C/C=C\C/C=C\CCC(=O)OCC(COP(=O)(O)OCC(O)COP(=O)(O)OCC(COC(=O)CCCCCCCCC/C=C\C/C=C\C/C=C\CC)OC(=O)CCCCCCC/C=C\CCCCCCCC)OC(=O)CCCCCC/C=C\C/C=C\C/C=C\C/C=C\CC. The normalized spacial score (nSPS) is 14.7. The lowest BCUT2D eigenvalue weighted by Crippen LogP contribution is -2.30. The van der Waals surface area contributed by atoms with Crippen LogP contribution in [0, 0.1) is 0 Å². The van der Waals surface area contributed by atoms with Crippen LogP contribution in [0.1, 0.15) is 310 Å². The fourth-order valence-corrected chi connectivity index (χ4v) is 12.1. The van der Waals surface area contributed by atoms with Crippen LogP contribution in [0.3, 0.4) is 0 Å². The van der Waals surface area contributed by atoms with Crippen molar-refractivity contribution < 1.29 is 80.2 Å². The second kappa shape index (κ2) is 79.5. The minimum Gasteiger partial charge on any atom is -0.462 e. The summed E-state index contributed by atoms with van der Waals surface area (Å²) in [6, 6.07) is 0. The summed E-state index contributed by atoms with van der Waals surface area (Å²) in [5.41, 5.74) is 0. The molecule has 0 aliphatic heterocycles. The summed E-state index contributed by atoms with van der Waals surface area (Å²) < 4.78 is 68.6. The molecule has 0 aromatic carbocycles. The third kappa shape index (κ3) is 78.5. The van der Waals surface area contributed by atoms with Crippen molar-refractivity contribution in [1.82, 2.24) is 0 Å². The molecule has 0 fully saturated rings. The van der Waals surface area contributed by atoms with Gasteiger partial charge in [-0.15, -0.1) is 0 Å². The largest absolute Gasteiger partial charge is 0.472 e. The summed E-state index contributed by atoms with van der Waals surface area (Å²) in [4.78, 5) is 73.1. The minimum atomic E-state index is -5.01. The molecule has 0 aliphatic rings. The Morgan fingerprint density at radius 1 is 0.269 bits per heavy atom. The highest BCUT2D eigenvalue weighted by atomic mass is 31.2. The number of ether oxygens (including phenoxy) is 4. The molecule has 614 valence electrons. The quantitative estimate of drug-likeness (QED) is 0.0169. The fraction of sp³-hybridized carbons (Fsp3) is 0.640. The first-order valence-corrected chi connectivity index (χ1v) is 44.4. The van der Waals surface area contributed by atoms with Crippen LogP contribution in [-0.2, 0) is 65.4 Å². The van der Waals surface area contributed by atoms with Crippen LogP contribution in [-0.4, -0.2) is 96.7 Å². The Morgan fingerprint density at radius 3 is 0.806 bits per heavy atom. The van der Waals surface area contributed by atoms with Gasteiger partial charge >= 0.3 is 39.5 Å². The van der Waals surface area contributed by atoms with Crippen LogP contribution >= 0.6 is 15.6 Å². The molecule has 17 nitrogen and oxygen atoms in total. The van der Waals surface area contributed by atoms with E-state index in [0.717, 1.165) is 186 Å². The molecule has 108 heavy (non-hydrogen) atoms. The summed E-state index contributed by atoms with van der Waals surface area (Å²) in [7, 11) is -10.0. The maximum absolute atomic E-state index is 13.1. The van der Waals surface area contributed by atoms with E-state index in [0.29, 0.717) is 32.1 Å². The second-order valence-electron chi connectivity index (χ2n) is 26.9. The molecule has 0 aromatic rings. The Morgan fingerprint density at radius 2 is 0.500 bits per heavy atom. The molecule has 0 heterocycles. The zero-order valence-electron chi connectivity index (χ0n) is 67.2. The molecular formula is C89H146O17P2. The van der Waals surface area contributed by atoms with Crippen molar-refractivity contribution in [2.45, 2.75) is 329 Å². The van der Waals surface area contributed by atoms with Gasteiger partial charge in [0.1, 0.15) is 19.3 Å². The highest BCUT2D eigenvalue weighted by Gasteiger charge is 2.30. The zero-order chi connectivity index (χ0) is 78.9. The van der Waals surface area contributed by atoms with Crippen molar-refractivity contribution in [3.05, 3.63) is 170 Å². The minimum absolute atomic E-state index is 0.0244. The van der Waals surface area contributed by atoms with Crippen LogP contribution < -0.4 is 0 Å². The highest BCUT2D eigenvalue weighted by molar-refractivity contribution is 7.47. The van der Waals surface area contributed by atoms with E-state index in [1.54, 1.807) is 0 Å². The average molecular weight is 1550 g/mol. The van der Waals surface area contributed by atoms with E-state index in [1.165, 1.54) is 38.5 Å². The molecule has 5 atom stereocenters. The number of aliphatic hydroxyl groups excluding tert-OH is 1. The van der Waals surface area contributed by atoms with E-state index in [-0.39, 0.29) is 25.7 Å². The second-order valence-corrected chi connectivity index (χ2v) is 29.8. The lowest BCUT2D eigenvalue weighted by molar-refractivity contribution is -0.161. The number of hydrogen-bond acceptors (Lipinski definition) is 15. The summed E-state index contributed by atoms with van der Waals surface area (Å²) in [6.07, 6.45) is 94.8.